The molecular weight excluding hydrogens is 368 g/mol. The zero-order valence-electron chi connectivity index (χ0n) is 12.8. The van der Waals surface area contributed by atoms with Crippen molar-refractivity contribution >= 4 is 33.1 Å². The molecule has 9 heteroatoms. The number of rotatable bonds is 8. The van der Waals surface area contributed by atoms with Gasteiger partial charge in [-0.3, -0.25) is 14.8 Å². The van der Waals surface area contributed by atoms with E-state index in [1.54, 1.807) is 0 Å². The number of nitrogens with zero attached hydrogens (tertiary/aromatic N) is 2. The maximum absolute atomic E-state index is 12.0. The van der Waals surface area contributed by atoms with E-state index in [0.717, 1.165) is 35.7 Å². The molecule has 0 saturated carbocycles. The second-order valence-corrected chi connectivity index (χ2v) is 6.08. The summed E-state index contributed by atoms with van der Waals surface area (Å²) in [5.74, 6) is 0.0463. The highest BCUT2D eigenvalue weighted by atomic mass is 79.9. The largest absolute Gasteiger partial charge is 0.334 e. The molecule has 23 heavy (non-hydrogen) atoms. The minimum Gasteiger partial charge on any atom is -0.334 e. The number of aromatic nitrogens is 4. The minimum absolute atomic E-state index is 0.0150. The number of hydrogen-bond donors (Lipinski definition) is 2. The third-order valence-electron chi connectivity index (χ3n) is 3.69. The monoisotopic (exact) mass is 386 g/mol. The van der Waals surface area contributed by atoms with Crippen LogP contribution >= 0.6 is 15.9 Å². The van der Waals surface area contributed by atoms with Gasteiger partial charge < -0.3 is 4.84 Å². The number of carbonyl (C=O) groups is 1. The van der Waals surface area contributed by atoms with Gasteiger partial charge in [0.25, 0.3) is 5.56 Å². The SMILES string of the molecule is CCC(CCCBr)CCC(=O)On1cnc2c(=O)[nH]c(=O)[nH]c21. The Labute approximate surface area is 140 Å². The highest BCUT2D eigenvalue weighted by Gasteiger charge is 2.14. The van der Waals surface area contributed by atoms with E-state index in [2.05, 4.69) is 37.8 Å². The predicted molar refractivity (Wildman–Crippen MR) is 88.6 cm³/mol. The molecule has 0 amide bonds. The van der Waals surface area contributed by atoms with Crippen LogP contribution in [-0.4, -0.2) is 31.0 Å². The molecule has 2 aromatic heterocycles. The molecule has 2 aromatic rings. The van der Waals surface area contributed by atoms with Crippen molar-refractivity contribution in [2.75, 3.05) is 5.33 Å². The van der Waals surface area contributed by atoms with E-state index in [1.807, 2.05) is 0 Å². The summed E-state index contributed by atoms with van der Waals surface area (Å²) in [5, 5.41) is 0.955. The fourth-order valence-corrected chi connectivity index (χ4v) is 2.70. The Bertz CT molecular complexity index is 779. The lowest BCUT2D eigenvalue weighted by Gasteiger charge is -2.13. The van der Waals surface area contributed by atoms with Crippen LogP contribution in [0.4, 0.5) is 0 Å². The zero-order chi connectivity index (χ0) is 16.8. The van der Waals surface area contributed by atoms with Gasteiger partial charge in [-0.05, 0) is 25.2 Å². The zero-order valence-corrected chi connectivity index (χ0v) is 14.4. The molecule has 2 rings (SSSR count). The van der Waals surface area contributed by atoms with Gasteiger partial charge in [-0.2, -0.15) is 0 Å². The van der Waals surface area contributed by atoms with E-state index >= 15 is 0 Å². The van der Waals surface area contributed by atoms with E-state index in [4.69, 9.17) is 4.84 Å². The van der Waals surface area contributed by atoms with Gasteiger partial charge in [-0.15, -0.1) is 4.73 Å². The van der Waals surface area contributed by atoms with Crippen molar-refractivity contribution in [1.82, 2.24) is 19.7 Å². The lowest BCUT2D eigenvalue weighted by molar-refractivity contribution is -0.144. The Balaban J connectivity index is 2.01. The van der Waals surface area contributed by atoms with Gasteiger partial charge in [0.2, 0.25) is 0 Å². The van der Waals surface area contributed by atoms with Gasteiger partial charge in [-0.25, -0.2) is 14.6 Å². The Morgan fingerprint density at radius 2 is 2.17 bits per heavy atom. The lowest BCUT2D eigenvalue weighted by Crippen LogP contribution is -2.25. The molecule has 0 bridgehead atoms. The topological polar surface area (TPSA) is 110 Å². The number of hydrogen-bond acceptors (Lipinski definition) is 5. The maximum atomic E-state index is 12.0. The summed E-state index contributed by atoms with van der Waals surface area (Å²) >= 11 is 3.40. The first kappa shape index (κ1) is 17.5. The molecule has 0 radical (unpaired) electrons. The van der Waals surface area contributed by atoms with Crippen molar-refractivity contribution in [3.63, 3.8) is 0 Å². The number of alkyl halides is 1. The molecule has 0 aliphatic rings. The normalized spacial score (nSPS) is 12.4. The van der Waals surface area contributed by atoms with Crippen LogP contribution < -0.4 is 16.1 Å². The molecule has 8 nitrogen and oxygen atoms in total. The van der Waals surface area contributed by atoms with Crippen LogP contribution in [0.15, 0.2) is 15.9 Å². The Morgan fingerprint density at radius 1 is 1.39 bits per heavy atom. The third kappa shape index (κ3) is 4.54. The molecule has 0 fully saturated rings. The summed E-state index contributed by atoms with van der Waals surface area (Å²) in [4.78, 5) is 48.3. The molecule has 2 N–H and O–H groups in total. The van der Waals surface area contributed by atoms with Crippen LogP contribution in [0.2, 0.25) is 0 Å². The maximum Gasteiger partial charge on any atom is 0.333 e. The van der Waals surface area contributed by atoms with Gasteiger partial charge in [0.15, 0.2) is 11.2 Å². The molecule has 0 aliphatic heterocycles. The van der Waals surface area contributed by atoms with Crippen molar-refractivity contribution in [3.8, 4) is 0 Å². The van der Waals surface area contributed by atoms with Crippen molar-refractivity contribution in [2.24, 2.45) is 5.92 Å². The van der Waals surface area contributed by atoms with Crippen LogP contribution in [0.3, 0.4) is 0 Å². The van der Waals surface area contributed by atoms with Gasteiger partial charge in [-0.1, -0.05) is 29.3 Å². The van der Waals surface area contributed by atoms with Crippen LogP contribution in [0, 0.1) is 5.92 Å². The van der Waals surface area contributed by atoms with E-state index in [9.17, 15) is 14.4 Å². The summed E-state index contributed by atoms with van der Waals surface area (Å²) < 4.78 is 1.02. The number of fused-ring (bicyclic) bond motifs is 1. The molecule has 126 valence electrons. The molecule has 0 aliphatic carbocycles. The second-order valence-electron chi connectivity index (χ2n) is 5.28. The first-order chi connectivity index (χ1) is 11.0. The Kier molecular flexibility index (Phi) is 6.14. The average molecular weight is 387 g/mol. The van der Waals surface area contributed by atoms with Crippen molar-refractivity contribution in [2.45, 2.75) is 39.0 Å². The smallest absolute Gasteiger partial charge is 0.333 e. The second kappa shape index (κ2) is 8.09. The van der Waals surface area contributed by atoms with E-state index in [-0.39, 0.29) is 17.6 Å². The molecule has 0 aromatic carbocycles. The molecule has 0 spiro atoms. The summed E-state index contributed by atoms with van der Waals surface area (Å²) in [6, 6.07) is 0. The van der Waals surface area contributed by atoms with Gasteiger partial charge in [0.05, 0.1) is 0 Å². The first-order valence-electron chi connectivity index (χ1n) is 7.52. The molecular formula is C14H19BrN4O4. The predicted octanol–water partition coefficient (Wildman–Crippen LogP) is 1.35. The van der Waals surface area contributed by atoms with Gasteiger partial charge in [0.1, 0.15) is 6.33 Å². The molecule has 2 heterocycles. The fraction of sp³-hybridized carbons (Fsp3) is 0.571. The summed E-state index contributed by atoms with van der Waals surface area (Å²) in [6.07, 6.45) is 5.35. The average Bonchev–Trinajstić information content (AvgIpc) is 2.90. The molecule has 1 atom stereocenters. The number of H-pyrrole nitrogens is 2. The number of imidazole rings is 1. The quantitative estimate of drug-likeness (QED) is 0.665. The van der Waals surface area contributed by atoms with Gasteiger partial charge >= 0.3 is 11.7 Å². The minimum atomic E-state index is -0.680. The van der Waals surface area contributed by atoms with Crippen molar-refractivity contribution in [3.05, 3.63) is 27.2 Å². The standard InChI is InChI=1S/C14H19BrN4O4/c1-2-9(4-3-7-15)5-6-10(20)23-19-8-16-11-12(19)17-14(22)18-13(11)21/h8-9H,2-7H2,1H3,(H2,17,18,21,22). The third-order valence-corrected chi connectivity index (χ3v) is 4.25. The highest BCUT2D eigenvalue weighted by Crippen LogP contribution is 2.18. The van der Waals surface area contributed by atoms with E-state index in [0.29, 0.717) is 5.92 Å². The highest BCUT2D eigenvalue weighted by molar-refractivity contribution is 9.09. The van der Waals surface area contributed by atoms with Crippen LogP contribution in [-0.2, 0) is 4.79 Å². The van der Waals surface area contributed by atoms with Gasteiger partial charge in [0, 0.05) is 11.8 Å². The van der Waals surface area contributed by atoms with Crippen LogP contribution in [0.1, 0.15) is 39.0 Å². The van der Waals surface area contributed by atoms with E-state index in [1.165, 1.54) is 6.33 Å². The fourth-order valence-electron chi connectivity index (χ4n) is 2.38. The summed E-state index contributed by atoms with van der Waals surface area (Å²) in [5.41, 5.74) is -1.22. The number of halogens is 1. The van der Waals surface area contributed by atoms with E-state index < -0.39 is 17.2 Å². The molecule has 1 unspecified atom stereocenters. The van der Waals surface area contributed by atoms with Crippen LogP contribution in [0.5, 0.6) is 0 Å². The molecule has 0 saturated heterocycles. The number of carbonyl (C=O) groups excluding carboxylic acids is 1. The lowest BCUT2D eigenvalue weighted by atomic mass is 9.95. The van der Waals surface area contributed by atoms with Crippen molar-refractivity contribution < 1.29 is 9.63 Å². The number of nitrogens with one attached hydrogen (secondary N) is 2. The first-order valence-corrected chi connectivity index (χ1v) is 8.64. The summed E-state index contributed by atoms with van der Waals surface area (Å²) in [6.45, 7) is 2.10. The number of aromatic amines is 2. The van der Waals surface area contributed by atoms with Crippen LogP contribution in [0.25, 0.3) is 11.2 Å². The Morgan fingerprint density at radius 3 is 2.87 bits per heavy atom. The Hall–Kier alpha value is -1.90. The van der Waals surface area contributed by atoms with Crippen molar-refractivity contribution in [1.29, 1.82) is 0 Å². The summed E-state index contributed by atoms with van der Waals surface area (Å²) in [7, 11) is 0.